The van der Waals surface area contributed by atoms with Gasteiger partial charge in [-0.05, 0) is 36.2 Å². The van der Waals surface area contributed by atoms with Gasteiger partial charge in [0, 0.05) is 25.0 Å². The van der Waals surface area contributed by atoms with Gasteiger partial charge >= 0.3 is 0 Å². The van der Waals surface area contributed by atoms with Crippen LogP contribution < -0.4 is 5.32 Å². The van der Waals surface area contributed by atoms with Crippen molar-refractivity contribution in [3.63, 3.8) is 0 Å². The number of benzene rings is 1. The summed E-state index contributed by atoms with van der Waals surface area (Å²) in [5.41, 5.74) is 2.50. The molecule has 0 aliphatic heterocycles. The van der Waals surface area contributed by atoms with Crippen LogP contribution in [0.25, 0.3) is 5.65 Å². The van der Waals surface area contributed by atoms with Crippen LogP contribution in [0.2, 0.25) is 0 Å². The maximum absolute atomic E-state index is 12.8. The number of sulfonamides is 1. The third-order valence-electron chi connectivity index (χ3n) is 4.80. The quantitative estimate of drug-likeness (QED) is 0.465. The fraction of sp³-hybridized carbons (Fsp3) is 0.381. The second-order valence-corrected chi connectivity index (χ2v) is 9.83. The van der Waals surface area contributed by atoms with Crippen molar-refractivity contribution in [2.45, 2.75) is 43.7 Å². The van der Waals surface area contributed by atoms with Crippen LogP contribution in [0.4, 0.5) is 5.69 Å². The second kappa shape index (κ2) is 10.3. The molecule has 0 atom stereocenters. The molecule has 1 amide bonds. The zero-order valence-corrected chi connectivity index (χ0v) is 19.5. The van der Waals surface area contributed by atoms with E-state index >= 15 is 0 Å². The Morgan fingerprint density at radius 1 is 1.06 bits per heavy atom. The van der Waals surface area contributed by atoms with Crippen LogP contribution in [0.5, 0.6) is 0 Å². The van der Waals surface area contributed by atoms with Crippen molar-refractivity contribution >= 4 is 39.0 Å². The molecule has 31 heavy (non-hydrogen) atoms. The van der Waals surface area contributed by atoms with Gasteiger partial charge in [-0.25, -0.2) is 8.42 Å². The Morgan fingerprint density at radius 2 is 1.77 bits per heavy atom. The van der Waals surface area contributed by atoms with Gasteiger partial charge in [-0.1, -0.05) is 51.1 Å². The highest BCUT2D eigenvalue weighted by Crippen LogP contribution is 2.22. The van der Waals surface area contributed by atoms with Gasteiger partial charge in [0.05, 0.1) is 10.6 Å². The zero-order valence-electron chi connectivity index (χ0n) is 17.9. The number of carbonyl (C=O) groups excluding carboxylic acids is 1. The van der Waals surface area contributed by atoms with Crippen molar-refractivity contribution in [3.8, 4) is 0 Å². The lowest BCUT2D eigenvalue weighted by Gasteiger charge is -2.18. The highest BCUT2D eigenvalue weighted by molar-refractivity contribution is 7.99. The number of hydrogen-bond acceptors (Lipinski definition) is 6. The van der Waals surface area contributed by atoms with Gasteiger partial charge in [0.25, 0.3) is 0 Å². The van der Waals surface area contributed by atoms with Gasteiger partial charge in [0.15, 0.2) is 10.8 Å². The Kier molecular flexibility index (Phi) is 7.69. The number of pyridine rings is 1. The number of hydrogen-bond donors (Lipinski definition) is 1. The largest absolute Gasteiger partial charge is 0.325 e. The molecular weight excluding hydrogens is 434 g/mol. The van der Waals surface area contributed by atoms with Crippen molar-refractivity contribution in [1.82, 2.24) is 18.9 Å². The summed E-state index contributed by atoms with van der Waals surface area (Å²) < 4.78 is 28.6. The maximum atomic E-state index is 12.8. The molecule has 0 bridgehead atoms. The SMILES string of the molecule is CCCc1ccc(NC(=O)CSc2nnc3ccc(S(=O)(=O)N(CC)CC)cn23)cc1. The van der Waals surface area contributed by atoms with Crippen molar-refractivity contribution < 1.29 is 13.2 Å². The molecule has 0 aliphatic rings. The third-order valence-corrected chi connectivity index (χ3v) is 7.77. The van der Waals surface area contributed by atoms with Gasteiger partial charge in [0.2, 0.25) is 15.9 Å². The minimum absolute atomic E-state index is 0.129. The minimum Gasteiger partial charge on any atom is -0.325 e. The first-order valence-electron chi connectivity index (χ1n) is 10.3. The van der Waals surface area contributed by atoms with Crippen LogP contribution in [0.1, 0.15) is 32.8 Å². The van der Waals surface area contributed by atoms with Crippen LogP contribution in [0.15, 0.2) is 52.6 Å². The third kappa shape index (κ3) is 5.44. The highest BCUT2D eigenvalue weighted by Gasteiger charge is 2.23. The van der Waals surface area contributed by atoms with E-state index in [1.165, 1.54) is 33.9 Å². The normalized spacial score (nSPS) is 11.9. The number of aryl methyl sites for hydroxylation is 1. The van der Waals surface area contributed by atoms with E-state index in [2.05, 4.69) is 22.4 Å². The molecular formula is C21H27N5O3S2. The number of nitrogens with one attached hydrogen (secondary N) is 1. The minimum atomic E-state index is -3.60. The Balaban J connectivity index is 1.71. The lowest BCUT2D eigenvalue weighted by atomic mass is 10.1. The molecule has 0 spiro atoms. The van der Waals surface area contributed by atoms with E-state index in [0.29, 0.717) is 23.9 Å². The maximum Gasteiger partial charge on any atom is 0.244 e. The van der Waals surface area contributed by atoms with Gasteiger partial charge in [0.1, 0.15) is 0 Å². The first-order chi connectivity index (χ1) is 14.9. The predicted octanol–water partition coefficient (Wildman–Crippen LogP) is 3.44. The number of aromatic nitrogens is 3. The molecule has 2 heterocycles. The fourth-order valence-corrected chi connectivity index (χ4v) is 5.36. The molecule has 166 valence electrons. The number of carbonyl (C=O) groups is 1. The predicted molar refractivity (Wildman–Crippen MR) is 123 cm³/mol. The molecule has 8 nitrogen and oxygen atoms in total. The number of nitrogens with zero attached hydrogens (tertiary/aromatic N) is 4. The van der Waals surface area contributed by atoms with Crippen LogP contribution in [-0.2, 0) is 21.2 Å². The Bertz CT molecular complexity index is 1140. The van der Waals surface area contributed by atoms with Crippen LogP contribution >= 0.6 is 11.8 Å². The van der Waals surface area contributed by atoms with Crippen LogP contribution in [-0.4, -0.2) is 52.1 Å². The molecule has 0 radical (unpaired) electrons. The van der Waals surface area contributed by atoms with Crippen molar-refractivity contribution in [2.75, 3.05) is 24.2 Å². The summed E-state index contributed by atoms with van der Waals surface area (Å²) in [6.07, 6.45) is 3.60. The first kappa shape index (κ1) is 23.2. The van der Waals surface area contributed by atoms with Crippen LogP contribution in [0.3, 0.4) is 0 Å². The average molecular weight is 462 g/mol. The molecule has 10 heteroatoms. The number of anilines is 1. The Morgan fingerprint density at radius 3 is 2.42 bits per heavy atom. The van der Waals surface area contributed by atoms with Gasteiger partial charge < -0.3 is 5.32 Å². The summed E-state index contributed by atoms with van der Waals surface area (Å²) in [5, 5.41) is 11.5. The summed E-state index contributed by atoms with van der Waals surface area (Å²) in [7, 11) is -3.60. The van der Waals surface area contributed by atoms with E-state index in [9.17, 15) is 13.2 Å². The zero-order chi connectivity index (χ0) is 22.4. The van der Waals surface area contributed by atoms with E-state index < -0.39 is 10.0 Å². The standard InChI is InChI=1S/C21H27N5O3S2/c1-4-7-16-8-10-17(11-9-16)22-20(27)15-30-21-24-23-19-13-12-18(14-26(19)21)31(28,29)25(5-2)6-3/h8-14H,4-7,15H2,1-3H3,(H,22,27). The fourth-order valence-electron chi connectivity index (χ4n) is 3.18. The molecule has 3 aromatic rings. The molecule has 0 unspecified atom stereocenters. The van der Waals surface area contributed by atoms with Gasteiger partial charge in [-0.15, -0.1) is 10.2 Å². The first-order valence-corrected chi connectivity index (χ1v) is 12.7. The van der Waals surface area contributed by atoms with Crippen molar-refractivity contribution in [3.05, 3.63) is 48.2 Å². The lowest BCUT2D eigenvalue weighted by Crippen LogP contribution is -2.30. The number of thioether (sulfide) groups is 1. The number of amides is 1. The monoisotopic (exact) mass is 461 g/mol. The Hall–Kier alpha value is -2.43. The molecule has 2 aromatic heterocycles. The lowest BCUT2D eigenvalue weighted by molar-refractivity contribution is -0.113. The summed E-state index contributed by atoms with van der Waals surface area (Å²) >= 11 is 1.20. The van der Waals surface area contributed by atoms with E-state index in [4.69, 9.17) is 0 Å². The molecule has 1 N–H and O–H groups in total. The molecule has 1 aromatic carbocycles. The van der Waals surface area contributed by atoms with E-state index in [-0.39, 0.29) is 16.6 Å². The topological polar surface area (TPSA) is 96.7 Å². The summed E-state index contributed by atoms with van der Waals surface area (Å²) in [4.78, 5) is 12.5. The van der Waals surface area contributed by atoms with Gasteiger partial charge in [-0.3, -0.25) is 9.20 Å². The molecule has 0 fully saturated rings. The van der Waals surface area contributed by atoms with Crippen molar-refractivity contribution in [1.29, 1.82) is 0 Å². The van der Waals surface area contributed by atoms with E-state index in [1.807, 2.05) is 24.3 Å². The van der Waals surface area contributed by atoms with Crippen LogP contribution in [0, 0.1) is 0 Å². The summed E-state index contributed by atoms with van der Waals surface area (Å²) in [5.74, 6) is -0.0400. The summed E-state index contributed by atoms with van der Waals surface area (Å²) in [6, 6.07) is 11.0. The number of fused-ring (bicyclic) bond motifs is 1. The molecule has 0 saturated carbocycles. The highest BCUT2D eigenvalue weighted by atomic mass is 32.2. The van der Waals surface area contributed by atoms with Crippen molar-refractivity contribution in [2.24, 2.45) is 0 Å². The Labute approximate surface area is 187 Å². The second-order valence-electron chi connectivity index (χ2n) is 6.95. The summed E-state index contributed by atoms with van der Waals surface area (Å²) in [6.45, 7) is 6.51. The molecule has 0 aliphatic carbocycles. The van der Waals surface area contributed by atoms with E-state index in [1.54, 1.807) is 24.3 Å². The van der Waals surface area contributed by atoms with Gasteiger partial charge in [-0.2, -0.15) is 4.31 Å². The average Bonchev–Trinajstić information content (AvgIpc) is 3.17. The number of rotatable bonds is 10. The molecule has 0 saturated heterocycles. The van der Waals surface area contributed by atoms with E-state index in [0.717, 1.165) is 18.5 Å². The smallest absolute Gasteiger partial charge is 0.244 e. The molecule has 3 rings (SSSR count).